The Morgan fingerprint density at radius 3 is 2.82 bits per heavy atom. The zero-order chi connectivity index (χ0) is 19.7. The van der Waals surface area contributed by atoms with Gasteiger partial charge in [-0.05, 0) is 49.4 Å². The van der Waals surface area contributed by atoms with Gasteiger partial charge in [0.25, 0.3) is 11.5 Å². The number of aromatic nitrogens is 2. The minimum absolute atomic E-state index is 0.0684. The van der Waals surface area contributed by atoms with Gasteiger partial charge in [0.2, 0.25) is 0 Å². The fourth-order valence-corrected chi connectivity index (χ4v) is 3.62. The lowest BCUT2D eigenvalue weighted by Crippen LogP contribution is -2.28. The number of aryl methyl sites for hydroxylation is 2. The standard InChI is InChI=1S/C22H22N4O2/c1-13-18(14-5-3-2-4-6-14)11-19(21(27)25-13)22(28)26-17-10-15-9-16(23)7-8-20(15)24-12-17/h2-6,10-12,16H,7-9,23H2,1H3,(H,25,27)(H,26,28). The van der Waals surface area contributed by atoms with Crippen molar-refractivity contribution >= 4 is 11.6 Å². The largest absolute Gasteiger partial charge is 0.327 e. The third-order valence-corrected chi connectivity index (χ3v) is 5.12. The molecular weight excluding hydrogens is 352 g/mol. The van der Waals surface area contributed by atoms with E-state index in [1.807, 2.05) is 43.3 Å². The molecule has 1 aromatic carbocycles. The summed E-state index contributed by atoms with van der Waals surface area (Å²) < 4.78 is 0. The second-order valence-electron chi connectivity index (χ2n) is 7.20. The summed E-state index contributed by atoms with van der Waals surface area (Å²) in [5.41, 5.74) is 10.8. The van der Waals surface area contributed by atoms with Gasteiger partial charge in [0.05, 0.1) is 11.9 Å². The smallest absolute Gasteiger partial charge is 0.261 e. The number of amides is 1. The number of pyridine rings is 2. The molecule has 4 N–H and O–H groups in total. The molecule has 1 amide bonds. The molecule has 0 aliphatic heterocycles. The second-order valence-corrected chi connectivity index (χ2v) is 7.20. The summed E-state index contributed by atoms with van der Waals surface area (Å²) in [6.45, 7) is 1.82. The number of benzene rings is 1. The zero-order valence-corrected chi connectivity index (χ0v) is 15.7. The summed E-state index contributed by atoms with van der Waals surface area (Å²) in [6.07, 6.45) is 4.15. The van der Waals surface area contributed by atoms with Crippen LogP contribution in [0.2, 0.25) is 0 Å². The van der Waals surface area contributed by atoms with Crippen LogP contribution < -0.4 is 16.6 Å². The lowest BCUT2D eigenvalue weighted by Gasteiger charge is -2.21. The van der Waals surface area contributed by atoms with Crippen LogP contribution in [0.25, 0.3) is 11.1 Å². The summed E-state index contributed by atoms with van der Waals surface area (Å²) in [4.78, 5) is 32.4. The van der Waals surface area contributed by atoms with Gasteiger partial charge < -0.3 is 16.0 Å². The van der Waals surface area contributed by atoms with Gasteiger partial charge in [0, 0.05) is 23.0 Å². The van der Waals surface area contributed by atoms with E-state index in [0.717, 1.165) is 47.3 Å². The SMILES string of the molecule is Cc1[nH]c(=O)c(C(=O)Nc2cnc3c(c2)CC(N)CC3)cc1-c1ccccc1. The lowest BCUT2D eigenvalue weighted by molar-refractivity contribution is 0.102. The molecule has 0 saturated heterocycles. The van der Waals surface area contributed by atoms with E-state index in [2.05, 4.69) is 15.3 Å². The van der Waals surface area contributed by atoms with E-state index in [1.54, 1.807) is 12.3 Å². The van der Waals surface area contributed by atoms with Crippen LogP contribution in [0, 0.1) is 6.92 Å². The number of fused-ring (bicyclic) bond motifs is 1. The molecule has 3 aromatic rings. The minimum Gasteiger partial charge on any atom is -0.327 e. The molecule has 142 valence electrons. The Balaban J connectivity index is 1.64. The van der Waals surface area contributed by atoms with Crippen molar-refractivity contribution in [1.29, 1.82) is 0 Å². The maximum absolute atomic E-state index is 12.8. The first-order chi connectivity index (χ1) is 13.5. The Morgan fingerprint density at radius 1 is 1.25 bits per heavy atom. The van der Waals surface area contributed by atoms with Crippen molar-refractivity contribution in [1.82, 2.24) is 9.97 Å². The van der Waals surface area contributed by atoms with Crippen molar-refractivity contribution in [3.63, 3.8) is 0 Å². The topological polar surface area (TPSA) is 101 Å². The van der Waals surface area contributed by atoms with Gasteiger partial charge in [-0.15, -0.1) is 0 Å². The van der Waals surface area contributed by atoms with Crippen molar-refractivity contribution in [2.24, 2.45) is 5.73 Å². The van der Waals surface area contributed by atoms with Crippen LogP contribution in [0.4, 0.5) is 5.69 Å². The number of hydrogen-bond acceptors (Lipinski definition) is 4. The van der Waals surface area contributed by atoms with E-state index in [1.165, 1.54) is 0 Å². The number of hydrogen-bond donors (Lipinski definition) is 3. The van der Waals surface area contributed by atoms with Crippen molar-refractivity contribution in [3.8, 4) is 11.1 Å². The van der Waals surface area contributed by atoms with Crippen molar-refractivity contribution in [2.45, 2.75) is 32.2 Å². The Hall–Kier alpha value is -3.25. The first-order valence-corrected chi connectivity index (χ1v) is 9.35. The van der Waals surface area contributed by atoms with Gasteiger partial charge in [0.15, 0.2) is 0 Å². The highest BCUT2D eigenvalue weighted by Gasteiger charge is 2.19. The number of H-pyrrole nitrogens is 1. The maximum Gasteiger partial charge on any atom is 0.261 e. The second kappa shape index (κ2) is 7.40. The summed E-state index contributed by atoms with van der Waals surface area (Å²) in [5, 5.41) is 2.80. The molecular formula is C22H22N4O2. The van der Waals surface area contributed by atoms with Crippen LogP contribution in [0.3, 0.4) is 0 Å². The number of nitrogens with two attached hydrogens (primary N) is 1. The van der Waals surface area contributed by atoms with Gasteiger partial charge in [0.1, 0.15) is 5.56 Å². The normalized spacial score (nSPS) is 15.7. The van der Waals surface area contributed by atoms with Crippen LogP contribution in [-0.2, 0) is 12.8 Å². The van der Waals surface area contributed by atoms with Crippen molar-refractivity contribution in [2.75, 3.05) is 5.32 Å². The van der Waals surface area contributed by atoms with E-state index >= 15 is 0 Å². The van der Waals surface area contributed by atoms with Gasteiger partial charge in [-0.2, -0.15) is 0 Å². The molecule has 0 bridgehead atoms. The molecule has 1 aliphatic carbocycles. The minimum atomic E-state index is -0.458. The molecule has 0 saturated carbocycles. The third kappa shape index (κ3) is 3.59. The predicted octanol–water partition coefficient (Wildman–Crippen LogP) is 2.81. The molecule has 2 aromatic heterocycles. The molecule has 6 heteroatoms. The Labute approximate surface area is 162 Å². The van der Waals surface area contributed by atoms with Crippen LogP contribution in [0.15, 0.2) is 53.5 Å². The number of carbonyl (C=O) groups excluding carboxylic acids is 1. The van der Waals surface area contributed by atoms with E-state index in [4.69, 9.17) is 5.73 Å². The number of anilines is 1. The first-order valence-electron chi connectivity index (χ1n) is 9.35. The third-order valence-electron chi connectivity index (χ3n) is 5.12. The molecule has 6 nitrogen and oxygen atoms in total. The molecule has 1 unspecified atom stereocenters. The summed E-state index contributed by atoms with van der Waals surface area (Å²) >= 11 is 0. The van der Waals surface area contributed by atoms with Crippen LogP contribution in [0.5, 0.6) is 0 Å². The highest BCUT2D eigenvalue weighted by Crippen LogP contribution is 2.23. The fourth-order valence-electron chi connectivity index (χ4n) is 3.62. The highest BCUT2D eigenvalue weighted by molar-refractivity contribution is 6.04. The van der Waals surface area contributed by atoms with Crippen molar-refractivity contribution < 1.29 is 4.79 Å². The quantitative estimate of drug-likeness (QED) is 0.656. The van der Waals surface area contributed by atoms with Crippen LogP contribution >= 0.6 is 0 Å². The molecule has 1 atom stereocenters. The molecule has 0 spiro atoms. The molecule has 4 rings (SSSR count). The number of rotatable bonds is 3. The Bertz CT molecular complexity index is 1090. The molecule has 2 heterocycles. The van der Waals surface area contributed by atoms with E-state index < -0.39 is 11.5 Å². The highest BCUT2D eigenvalue weighted by atomic mass is 16.2. The first kappa shape index (κ1) is 18.1. The average Bonchev–Trinajstić information content (AvgIpc) is 2.68. The molecule has 1 aliphatic rings. The summed E-state index contributed by atoms with van der Waals surface area (Å²) in [6, 6.07) is 13.3. The Kier molecular flexibility index (Phi) is 4.79. The van der Waals surface area contributed by atoms with Crippen LogP contribution in [0.1, 0.15) is 33.7 Å². The van der Waals surface area contributed by atoms with Gasteiger partial charge >= 0.3 is 0 Å². The number of carbonyl (C=O) groups is 1. The fraction of sp³-hybridized carbons (Fsp3) is 0.227. The monoisotopic (exact) mass is 374 g/mol. The maximum atomic E-state index is 12.8. The van der Waals surface area contributed by atoms with E-state index in [-0.39, 0.29) is 11.6 Å². The van der Waals surface area contributed by atoms with Crippen molar-refractivity contribution in [3.05, 3.63) is 81.5 Å². The van der Waals surface area contributed by atoms with Gasteiger partial charge in [-0.3, -0.25) is 14.6 Å². The van der Waals surface area contributed by atoms with E-state index in [9.17, 15) is 9.59 Å². The van der Waals surface area contributed by atoms with Gasteiger partial charge in [-0.25, -0.2) is 0 Å². The number of aromatic amines is 1. The average molecular weight is 374 g/mol. The van der Waals surface area contributed by atoms with E-state index in [0.29, 0.717) is 5.69 Å². The Morgan fingerprint density at radius 2 is 2.04 bits per heavy atom. The lowest BCUT2D eigenvalue weighted by atomic mass is 9.92. The predicted molar refractivity (Wildman–Crippen MR) is 109 cm³/mol. The number of nitrogens with one attached hydrogen (secondary N) is 2. The van der Waals surface area contributed by atoms with Gasteiger partial charge in [-0.1, -0.05) is 30.3 Å². The van der Waals surface area contributed by atoms with Crippen LogP contribution in [-0.4, -0.2) is 21.9 Å². The number of nitrogens with zero attached hydrogens (tertiary/aromatic N) is 1. The molecule has 28 heavy (non-hydrogen) atoms. The zero-order valence-electron chi connectivity index (χ0n) is 15.7. The molecule has 0 fully saturated rings. The molecule has 0 radical (unpaired) electrons. The summed E-state index contributed by atoms with van der Waals surface area (Å²) in [5.74, 6) is -0.458. The summed E-state index contributed by atoms with van der Waals surface area (Å²) in [7, 11) is 0.